The maximum atomic E-state index is 11.7. The Morgan fingerprint density at radius 1 is 0.952 bits per heavy atom. The Kier molecular flexibility index (Phi) is 2.48. The van der Waals surface area contributed by atoms with Crippen molar-refractivity contribution in [1.82, 2.24) is 4.98 Å². The molecule has 102 valence electrons. The molecule has 1 aromatic heterocycles. The summed E-state index contributed by atoms with van der Waals surface area (Å²) >= 11 is 0. The van der Waals surface area contributed by atoms with Crippen molar-refractivity contribution in [3.05, 3.63) is 60.2 Å². The first-order valence-corrected chi connectivity index (χ1v) is 6.79. The minimum absolute atomic E-state index is 0.313. The van der Waals surface area contributed by atoms with Crippen LogP contribution in [0.25, 0.3) is 32.6 Å². The Bertz CT molecular complexity index is 998. The lowest BCUT2D eigenvalue weighted by atomic mass is 10.0. The van der Waals surface area contributed by atoms with Gasteiger partial charge in [-0.05, 0) is 35.0 Å². The number of carbonyl (C=O) groups excluding carboxylic acids is 1. The zero-order chi connectivity index (χ0) is 14.4. The number of aromatic nitrogens is 1. The average molecular weight is 275 g/mol. The highest BCUT2D eigenvalue weighted by Crippen LogP contribution is 2.32. The van der Waals surface area contributed by atoms with Crippen LogP contribution in [0.2, 0.25) is 0 Å². The van der Waals surface area contributed by atoms with Crippen LogP contribution in [-0.4, -0.2) is 18.1 Å². The van der Waals surface area contributed by atoms with Gasteiger partial charge in [0.25, 0.3) is 0 Å². The van der Waals surface area contributed by atoms with E-state index in [4.69, 9.17) is 4.74 Å². The average Bonchev–Trinajstić information content (AvgIpc) is 2.92. The molecule has 1 heterocycles. The van der Waals surface area contributed by atoms with Crippen molar-refractivity contribution in [2.75, 3.05) is 7.11 Å². The van der Waals surface area contributed by atoms with Gasteiger partial charge in [-0.2, -0.15) is 0 Å². The predicted octanol–water partition coefficient (Wildman–Crippen LogP) is 4.26. The standard InChI is InChI=1S/C18H13NO2/c1-21-18(20)12-7-8-15-14(10-12)17-13-5-3-2-4-11(13)6-9-16(17)19-15/h2-10,19H,1H3. The van der Waals surface area contributed by atoms with Crippen molar-refractivity contribution in [1.29, 1.82) is 0 Å². The van der Waals surface area contributed by atoms with E-state index in [-0.39, 0.29) is 5.97 Å². The first-order chi connectivity index (χ1) is 10.3. The van der Waals surface area contributed by atoms with Crippen molar-refractivity contribution in [2.24, 2.45) is 0 Å². The van der Waals surface area contributed by atoms with Crippen molar-refractivity contribution in [2.45, 2.75) is 0 Å². The lowest BCUT2D eigenvalue weighted by Gasteiger charge is -2.01. The van der Waals surface area contributed by atoms with E-state index in [9.17, 15) is 4.79 Å². The minimum Gasteiger partial charge on any atom is -0.465 e. The molecule has 0 amide bonds. The maximum Gasteiger partial charge on any atom is 0.337 e. The van der Waals surface area contributed by atoms with E-state index in [0.29, 0.717) is 5.56 Å². The Morgan fingerprint density at radius 3 is 2.62 bits per heavy atom. The summed E-state index contributed by atoms with van der Waals surface area (Å²) in [4.78, 5) is 15.1. The zero-order valence-corrected chi connectivity index (χ0v) is 11.5. The molecule has 0 aliphatic heterocycles. The third-order valence-electron chi connectivity index (χ3n) is 3.91. The first-order valence-electron chi connectivity index (χ1n) is 6.79. The van der Waals surface area contributed by atoms with Crippen molar-refractivity contribution in [3.63, 3.8) is 0 Å². The van der Waals surface area contributed by atoms with Crippen LogP contribution in [0.4, 0.5) is 0 Å². The summed E-state index contributed by atoms with van der Waals surface area (Å²) < 4.78 is 4.81. The van der Waals surface area contributed by atoms with Gasteiger partial charge in [-0.3, -0.25) is 0 Å². The predicted molar refractivity (Wildman–Crippen MR) is 84.7 cm³/mol. The van der Waals surface area contributed by atoms with Gasteiger partial charge in [0.1, 0.15) is 0 Å². The quantitative estimate of drug-likeness (QED) is 0.527. The van der Waals surface area contributed by atoms with Gasteiger partial charge in [0, 0.05) is 21.8 Å². The SMILES string of the molecule is COC(=O)c1ccc2[nH]c3ccc4ccccc4c3c2c1. The lowest BCUT2D eigenvalue weighted by Crippen LogP contribution is -2.00. The van der Waals surface area contributed by atoms with E-state index in [1.807, 2.05) is 24.3 Å². The number of ether oxygens (including phenoxy) is 1. The zero-order valence-electron chi connectivity index (χ0n) is 11.5. The van der Waals surface area contributed by atoms with Crippen LogP contribution in [0.15, 0.2) is 54.6 Å². The molecule has 4 aromatic rings. The Hall–Kier alpha value is -2.81. The Labute approximate surface area is 121 Å². The molecule has 1 N–H and O–H groups in total. The second-order valence-electron chi connectivity index (χ2n) is 5.09. The smallest absolute Gasteiger partial charge is 0.337 e. The van der Waals surface area contributed by atoms with Gasteiger partial charge >= 0.3 is 5.97 Å². The molecular weight excluding hydrogens is 262 g/mol. The van der Waals surface area contributed by atoms with E-state index in [1.54, 1.807) is 6.07 Å². The molecule has 0 aliphatic carbocycles. The molecule has 0 atom stereocenters. The molecule has 0 saturated heterocycles. The van der Waals surface area contributed by atoms with Crippen molar-refractivity contribution >= 4 is 38.5 Å². The summed E-state index contributed by atoms with van der Waals surface area (Å²) in [6.45, 7) is 0. The van der Waals surface area contributed by atoms with Gasteiger partial charge in [0.2, 0.25) is 0 Å². The molecule has 0 fully saturated rings. The number of rotatable bonds is 1. The summed E-state index contributed by atoms with van der Waals surface area (Å²) in [5.74, 6) is -0.313. The van der Waals surface area contributed by atoms with E-state index in [1.165, 1.54) is 17.9 Å². The number of aromatic amines is 1. The third kappa shape index (κ3) is 1.71. The van der Waals surface area contributed by atoms with Gasteiger partial charge in [0.05, 0.1) is 12.7 Å². The number of H-pyrrole nitrogens is 1. The van der Waals surface area contributed by atoms with E-state index in [0.717, 1.165) is 21.8 Å². The highest BCUT2D eigenvalue weighted by molar-refractivity contribution is 6.20. The Morgan fingerprint density at radius 2 is 1.76 bits per heavy atom. The fourth-order valence-corrected chi connectivity index (χ4v) is 2.92. The third-order valence-corrected chi connectivity index (χ3v) is 3.91. The van der Waals surface area contributed by atoms with Crippen molar-refractivity contribution in [3.8, 4) is 0 Å². The highest BCUT2D eigenvalue weighted by Gasteiger charge is 2.11. The summed E-state index contributed by atoms with van der Waals surface area (Å²) in [5, 5.41) is 4.57. The maximum absolute atomic E-state index is 11.7. The van der Waals surface area contributed by atoms with Gasteiger partial charge in [-0.15, -0.1) is 0 Å². The summed E-state index contributed by atoms with van der Waals surface area (Å²) in [6.07, 6.45) is 0. The van der Waals surface area contributed by atoms with Crippen LogP contribution < -0.4 is 0 Å². The van der Waals surface area contributed by atoms with Gasteiger partial charge in [-0.25, -0.2) is 4.79 Å². The van der Waals surface area contributed by atoms with Crippen LogP contribution in [0.5, 0.6) is 0 Å². The minimum atomic E-state index is -0.313. The topological polar surface area (TPSA) is 42.1 Å². The molecule has 0 unspecified atom stereocenters. The highest BCUT2D eigenvalue weighted by atomic mass is 16.5. The second kappa shape index (κ2) is 4.35. The Balaban J connectivity index is 2.17. The summed E-state index contributed by atoms with van der Waals surface area (Å²) in [5.41, 5.74) is 2.67. The number of fused-ring (bicyclic) bond motifs is 5. The summed E-state index contributed by atoms with van der Waals surface area (Å²) in [7, 11) is 1.40. The van der Waals surface area contributed by atoms with Crippen molar-refractivity contribution < 1.29 is 9.53 Å². The van der Waals surface area contributed by atoms with Crippen LogP contribution in [0.3, 0.4) is 0 Å². The molecule has 21 heavy (non-hydrogen) atoms. The number of hydrogen-bond acceptors (Lipinski definition) is 2. The molecule has 0 radical (unpaired) electrons. The van der Waals surface area contributed by atoms with Gasteiger partial charge < -0.3 is 9.72 Å². The molecule has 3 aromatic carbocycles. The molecule has 0 saturated carbocycles. The normalized spacial score (nSPS) is 11.3. The fraction of sp³-hybridized carbons (Fsp3) is 0.0556. The van der Waals surface area contributed by atoms with Crippen LogP contribution in [-0.2, 0) is 4.74 Å². The fourth-order valence-electron chi connectivity index (χ4n) is 2.92. The number of methoxy groups -OCH3 is 1. The number of nitrogens with one attached hydrogen (secondary N) is 1. The van der Waals surface area contributed by atoms with Gasteiger partial charge in [-0.1, -0.05) is 30.3 Å². The lowest BCUT2D eigenvalue weighted by molar-refractivity contribution is 0.0601. The number of esters is 1. The molecule has 0 aliphatic rings. The van der Waals surface area contributed by atoms with Crippen LogP contribution in [0.1, 0.15) is 10.4 Å². The molecule has 3 nitrogen and oxygen atoms in total. The van der Waals surface area contributed by atoms with E-state index < -0.39 is 0 Å². The number of hydrogen-bond donors (Lipinski definition) is 1. The van der Waals surface area contributed by atoms with E-state index in [2.05, 4.69) is 29.2 Å². The first kappa shape index (κ1) is 12.0. The molecule has 0 spiro atoms. The van der Waals surface area contributed by atoms with E-state index >= 15 is 0 Å². The van der Waals surface area contributed by atoms with Crippen LogP contribution in [0, 0.1) is 0 Å². The molecular formula is C18H13NO2. The number of benzene rings is 3. The molecule has 4 rings (SSSR count). The van der Waals surface area contributed by atoms with Gasteiger partial charge in [0.15, 0.2) is 0 Å². The molecule has 3 heteroatoms. The largest absolute Gasteiger partial charge is 0.465 e. The molecule has 0 bridgehead atoms. The second-order valence-corrected chi connectivity index (χ2v) is 5.09. The summed E-state index contributed by atoms with van der Waals surface area (Å²) in [6, 6.07) is 18.1. The van der Waals surface area contributed by atoms with Crippen LogP contribution >= 0.6 is 0 Å². The number of carbonyl (C=O) groups is 1. The monoisotopic (exact) mass is 275 g/mol.